The van der Waals surface area contributed by atoms with Crippen molar-refractivity contribution in [2.24, 2.45) is 0 Å². The van der Waals surface area contributed by atoms with Gasteiger partial charge in [0.25, 0.3) is 0 Å². The summed E-state index contributed by atoms with van der Waals surface area (Å²) in [6.45, 7) is 2.70. The third-order valence-corrected chi connectivity index (χ3v) is 3.80. The monoisotopic (exact) mass is 575 g/mol. The van der Waals surface area contributed by atoms with E-state index >= 15 is 0 Å². The molecular formula is C26H24IrNO2-. The van der Waals surface area contributed by atoms with Gasteiger partial charge in [0.1, 0.15) is 0 Å². The molecule has 30 heavy (non-hydrogen) atoms. The minimum absolute atomic E-state index is 0. The van der Waals surface area contributed by atoms with Gasteiger partial charge in [-0.2, -0.15) is 0 Å². The van der Waals surface area contributed by atoms with E-state index in [1.807, 2.05) is 42.6 Å². The molecule has 0 aliphatic rings. The molecule has 0 saturated heterocycles. The van der Waals surface area contributed by atoms with Gasteiger partial charge in [0.2, 0.25) is 0 Å². The fourth-order valence-corrected chi connectivity index (χ4v) is 2.56. The van der Waals surface area contributed by atoms with Crippen LogP contribution < -0.4 is 0 Å². The number of aromatic nitrogens is 1. The van der Waals surface area contributed by atoms with Gasteiger partial charge in [-0.05, 0) is 37.1 Å². The molecule has 0 fully saturated rings. The molecule has 0 bridgehead atoms. The van der Waals surface area contributed by atoms with E-state index in [4.69, 9.17) is 0 Å². The van der Waals surface area contributed by atoms with E-state index in [2.05, 4.69) is 65.6 Å². The van der Waals surface area contributed by atoms with Gasteiger partial charge in [0, 0.05) is 43.3 Å². The molecule has 0 saturated carbocycles. The molecule has 4 aromatic rings. The van der Waals surface area contributed by atoms with Crippen LogP contribution in [0.15, 0.2) is 103 Å². The number of rotatable bonds is 3. The number of Topliss-reactive ketones (excluding diaryl/α,β-unsaturated/α-hetero) is 2. The summed E-state index contributed by atoms with van der Waals surface area (Å²) in [6.07, 6.45) is 2.86. The fraction of sp³-hybridized carbons (Fsp3) is 0.0769. The molecule has 155 valence electrons. The molecule has 1 radical (unpaired) electrons. The second kappa shape index (κ2) is 14.0. The Morgan fingerprint density at radius 2 is 1.07 bits per heavy atom. The Morgan fingerprint density at radius 1 is 0.633 bits per heavy atom. The van der Waals surface area contributed by atoms with E-state index < -0.39 is 0 Å². The van der Waals surface area contributed by atoms with Crippen LogP contribution in [-0.4, -0.2) is 16.6 Å². The summed E-state index contributed by atoms with van der Waals surface area (Å²) in [5, 5.41) is 1.20. The Morgan fingerprint density at radius 3 is 1.50 bits per heavy atom. The molecule has 3 aromatic carbocycles. The van der Waals surface area contributed by atoms with Gasteiger partial charge in [-0.25, -0.2) is 0 Å². The van der Waals surface area contributed by atoms with Gasteiger partial charge < -0.3 is 9.59 Å². The topological polar surface area (TPSA) is 47.0 Å². The Labute approximate surface area is 191 Å². The van der Waals surface area contributed by atoms with Crippen LogP contribution in [0, 0.1) is 6.42 Å². The molecule has 1 aromatic heterocycles. The van der Waals surface area contributed by atoms with Gasteiger partial charge in [-0.1, -0.05) is 84.9 Å². The van der Waals surface area contributed by atoms with E-state index in [-0.39, 0.29) is 31.7 Å². The van der Waals surface area contributed by atoms with Gasteiger partial charge in [0.05, 0.1) is 5.52 Å². The van der Waals surface area contributed by atoms with Crippen molar-refractivity contribution in [3.8, 4) is 11.1 Å². The molecule has 1 heterocycles. The molecule has 4 heteroatoms. The maximum absolute atomic E-state index is 9.98. The van der Waals surface area contributed by atoms with Crippen LogP contribution >= 0.6 is 0 Å². The average molecular weight is 575 g/mol. The zero-order valence-electron chi connectivity index (χ0n) is 17.0. The smallest absolute Gasteiger partial charge is 0.0701 e. The first-order valence-corrected chi connectivity index (χ1v) is 9.32. The first-order chi connectivity index (χ1) is 14.1. The van der Waals surface area contributed by atoms with Crippen molar-refractivity contribution < 1.29 is 29.7 Å². The number of pyridine rings is 1. The third-order valence-electron chi connectivity index (χ3n) is 3.80. The van der Waals surface area contributed by atoms with Gasteiger partial charge in [-0.15, -0.1) is 0 Å². The zero-order chi connectivity index (χ0) is 20.9. The van der Waals surface area contributed by atoms with Crippen LogP contribution in [0.5, 0.6) is 0 Å². The first-order valence-electron chi connectivity index (χ1n) is 9.32. The van der Waals surface area contributed by atoms with Crippen molar-refractivity contribution in [3.05, 3.63) is 110 Å². The minimum Gasteiger partial charge on any atom is -0.334 e. The maximum atomic E-state index is 9.98. The summed E-state index contributed by atoms with van der Waals surface area (Å²) in [7, 11) is 0. The Balaban J connectivity index is 0.000000230. The molecule has 0 unspecified atom stereocenters. The number of benzene rings is 3. The maximum Gasteiger partial charge on any atom is 0.0701 e. The van der Waals surface area contributed by atoms with Gasteiger partial charge in [0.15, 0.2) is 0 Å². The summed E-state index contributed by atoms with van der Waals surface area (Å²) in [6, 6.07) is 32.9. The number of nitrogens with zero attached hydrogens (tertiary/aromatic N) is 1. The van der Waals surface area contributed by atoms with Crippen molar-refractivity contribution in [3.63, 3.8) is 0 Å². The van der Waals surface area contributed by atoms with Crippen molar-refractivity contribution in [2.45, 2.75) is 13.8 Å². The molecule has 0 amide bonds. The number of hydrogen-bond donors (Lipinski definition) is 0. The zero-order valence-corrected chi connectivity index (χ0v) is 19.4. The van der Waals surface area contributed by atoms with Crippen LogP contribution in [0.3, 0.4) is 0 Å². The largest absolute Gasteiger partial charge is 0.334 e. The summed E-state index contributed by atoms with van der Waals surface area (Å²) in [5.41, 5.74) is 3.61. The predicted molar refractivity (Wildman–Crippen MR) is 119 cm³/mol. The average Bonchev–Trinajstić information content (AvgIpc) is 2.75. The number of carbonyl (C=O) groups excluding carboxylic acids is 2. The van der Waals surface area contributed by atoms with E-state index in [0.29, 0.717) is 0 Å². The molecule has 0 atom stereocenters. The Kier molecular flexibility index (Phi) is 11.6. The molecule has 0 aliphatic heterocycles. The van der Waals surface area contributed by atoms with Crippen molar-refractivity contribution in [1.29, 1.82) is 0 Å². The van der Waals surface area contributed by atoms with Crippen LogP contribution in [-0.2, 0) is 29.7 Å². The van der Waals surface area contributed by atoms with E-state index in [1.165, 1.54) is 30.4 Å². The molecular weight excluding hydrogens is 551 g/mol. The quantitative estimate of drug-likeness (QED) is 0.224. The summed E-state index contributed by atoms with van der Waals surface area (Å²) >= 11 is 0. The Bertz CT molecular complexity index is 919. The van der Waals surface area contributed by atoms with Crippen LogP contribution in [0.2, 0.25) is 0 Å². The standard InChI is InChI=1S/C12H10.C9H7N.C5H7O2.Ir/c1-3-7-11(8-4-1)12-9-5-2-6-10-12;1-2-6-9-8(4-1)5-3-7-10-9;1-4(6)3-5(2)7;/h1-10H;1-7H;3H,1-2H3;/q;;-1;. The number of hydrogen-bond acceptors (Lipinski definition) is 3. The SMILES string of the molecule is CC(=O)[CH-]C(C)=O.[Ir].c1ccc(-c2ccccc2)cc1.c1ccc2ncccc2c1. The van der Waals surface area contributed by atoms with E-state index in [9.17, 15) is 9.59 Å². The van der Waals surface area contributed by atoms with E-state index in [0.717, 1.165) is 11.9 Å². The molecule has 0 spiro atoms. The van der Waals surface area contributed by atoms with Crippen LogP contribution in [0.25, 0.3) is 22.0 Å². The summed E-state index contributed by atoms with van der Waals surface area (Å²) in [5.74, 6) is -0.375. The van der Waals surface area contributed by atoms with Gasteiger partial charge in [-0.3, -0.25) is 11.4 Å². The predicted octanol–water partition coefficient (Wildman–Crippen LogP) is 5.95. The number of fused-ring (bicyclic) bond motifs is 1. The van der Waals surface area contributed by atoms with Crippen LogP contribution in [0.4, 0.5) is 0 Å². The summed E-state index contributed by atoms with van der Waals surface area (Å²) < 4.78 is 0. The van der Waals surface area contributed by atoms with Crippen molar-refractivity contribution >= 4 is 22.5 Å². The summed E-state index contributed by atoms with van der Waals surface area (Å²) in [4.78, 5) is 24.1. The molecule has 4 rings (SSSR count). The number of carbonyl (C=O) groups is 2. The first kappa shape index (κ1) is 25.0. The minimum atomic E-state index is -0.187. The second-order valence-electron chi connectivity index (χ2n) is 6.29. The molecule has 0 N–H and O–H groups in total. The number of para-hydroxylation sites is 1. The third kappa shape index (κ3) is 9.42. The molecule has 3 nitrogen and oxygen atoms in total. The Hall–Kier alpha value is -3.07. The molecule has 0 aliphatic carbocycles. The number of ketones is 2. The van der Waals surface area contributed by atoms with Gasteiger partial charge >= 0.3 is 0 Å². The van der Waals surface area contributed by atoms with E-state index in [1.54, 1.807) is 0 Å². The van der Waals surface area contributed by atoms with Crippen molar-refractivity contribution in [1.82, 2.24) is 4.98 Å². The fourth-order valence-electron chi connectivity index (χ4n) is 2.56. The normalized spacial score (nSPS) is 9.00. The van der Waals surface area contributed by atoms with Crippen molar-refractivity contribution in [2.75, 3.05) is 0 Å². The van der Waals surface area contributed by atoms with Crippen LogP contribution in [0.1, 0.15) is 13.8 Å². The second-order valence-corrected chi connectivity index (χ2v) is 6.29.